The van der Waals surface area contributed by atoms with Crippen LogP contribution in [0, 0.1) is 0 Å². The van der Waals surface area contributed by atoms with Gasteiger partial charge in [-0.25, -0.2) is 0 Å². The summed E-state index contributed by atoms with van der Waals surface area (Å²) in [5.74, 6) is 0. The first kappa shape index (κ1) is 14.0. The van der Waals surface area contributed by atoms with Crippen molar-refractivity contribution in [2.45, 2.75) is 58.1 Å². The lowest BCUT2D eigenvalue weighted by molar-refractivity contribution is -0.0108. The smallest absolute Gasteiger partial charge is 0.0811 e. The topological polar surface area (TPSA) is 21.3 Å². The highest BCUT2D eigenvalue weighted by Gasteiger charge is 2.38. The minimum atomic E-state index is 0.0202. The van der Waals surface area contributed by atoms with Gasteiger partial charge in [0, 0.05) is 22.4 Å². The maximum absolute atomic E-state index is 6.00. The number of hydrogen-bond donors (Lipinski definition) is 1. The van der Waals surface area contributed by atoms with Crippen LogP contribution in [0.15, 0.2) is 12.1 Å². The van der Waals surface area contributed by atoms with Crippen molar-refractivity contribution in [3.63, 3.8) is 0 Å². The van der Waals surface area contributed by atoms with Crippen molar-refractivity contribution >= 4 is 11.3 Å². The van der Waals surface area contributed by atoms with Crippen molar-refractivity contribution in [1.82, 2.24) is 5.32 Å². The summed E-state index contributed by atoms with van der Waals surface area (Å²) in [6, 6.07) is 4.99. The molecular weight excluding hydrogens is 242 g/mol. The summed E-state index contributed by atoms with van der Waals surface area (Å²) in [7, 11) is 0. The molecule has 1 fully saturated rings. The Bertz CT molecular complexity index is 368. The molecule has 3 heteroatoms. The second-order valence-corrected chi connectivity index (χ2v) is 6.55. The second kappa shape index (κ2) is 6.18. The predicted octanol–water partition coefficient (Wildman–Crippen LogP) is 3.40. The van der Waals surface area contributed by atoms with E-state index in [0.717, 1.165) is 26.0 Å². The van der Waals surface area contributed by atoms with Gasteiger partial charge in [0.15, 0.2) is 0 Å². The van der Waals surface area contributed by atoms with Crippen molar-refractivity contribution in [2.24, 2.45) is 0 Å². The summed E-state index contributed by atoms with van der Waals surface area (Å²) < 4.78 is 6.00. The Morgan fingerprint density at radius 1 is 1.39 bits per heavy atom. The molecule has 1 aromatic heterocycles. The molecule has 0 bridgehead atoms. The first-order valence-corrected chi connectivity index (χ1v) is 7.94. The summed E-state index contributed by atoms with van der Waals surface area (Å²) >= 11 is 1.95. The Balaban J connectivity index is 2.05. The lowest BCUT2D eigenvalue weighted by Crippen LogP contribution is -2.49. The third-order valence-electron chi connectivity index (χ3n) is 3.91. The molecule has 0 aliphatic carbocycles. The van der Waals surface area contributed by atoms with E-state index in [-0.39, 0.29) is 5.60 Å². The van der Waals surface area contributed by atoms with E-state index in [9.17, 15) is 0 Å². The average molecular weight is 267 g/mol. The number of aryl methyl sites for hydroxylation is 1. The second-order valence-electron chi connectivity index (χ2n) is 5.30. The molecular formula is C15H25NOS. The molecule has 1 aliphatic rings. The van der Waals surface area contributed by atoms with E-state index < -0.39 is 0 Å². The van der Waals surface area contributed by atoms with Gasteiger partial charge in [-0.2, -0.15) is 0 Å². The van der Waals surface area contributed by atoms with Crippen LogP contribution in [0.3, 0.4) is 0 Å². The Labute approximate surface area is 115 Å². The van der Waals surface area contributed by atoms with Crippen LogP contribution in [0.5, 0.6) is 0 Å². The molecule has 2 nitrogen and oxygen atoms in total. The zero-order valence-electron chi connectivity index (χ0n) is 11.8. The van der Waals surface area contributed by atoms with Gasteiger partial charge in [0.25, 0.3) is 0 Å². The molecule has 1 aliphatic heterocycles. The molecule has 0 radical (unpaired) electrons. The number of nitrogens with one attached hydrogen (secondary N) is 1. The Hall–Kier alpha value is -0.380. The summed E-state index contributed by atoms with van der Waals surface area (Å²) in [6.45, 7) is 8.59. The summed E-state index contributed by atoms with van der Waals surface area (Å²) in [4.78, 5) is 2.97. The molecule has 2 heterocycles. The highest BCUT2D eigenvalue weighted by Crippen LogP contribution is 2.31. The fraction of sp³-hybridized carbons (Fsp3) is 0.733. The van der Waals surface area contributed by atoms with Crippen LogP contribution in [0.4, 0.5) is 0 Å². The van der Waals surface area contributed by atoms with E-state index >= 15 is 0 Å². The first-order valence-electron chi connectivity index (χ1n) is 7.13. The molecule has 1 aromatic rings. The summed E-state index contributed by atoms with van der Waals surface area (Å²) in [5, 5.41) is 3.62. The van der Waals surface area contributed by atoms with E-state index in [4.69, 9.17) is 4.74 Å². The molecule has 18 heavy (non-hydrogen) atoms. The van der Waals surface area contributed by atoms with Crippen LogP contribution in [0.2, 0.25) is 0 Å². The molecule has 2 unspecified atom stereocenters. The Kier molecular flexibility index (Phi) is 4.82. The van der Waals surface area contributed by atoms with Gasteiger partial charge in [0.05, 0.1) is 5.60 Å². The zero-order chi connectivity index (χ0) is 13.0. The summed E-state index contributed by atoms with van der Waals surface area (Å²) in [5.41, 5.74) is 0.0202. The van der Waals surface area contributed by atoms with Crippen molar-refractivity contribution in [1.29, 1.82) is 0 Å². The van der Waals surface area contributed by atoms with E-state index in [0.29, 0.717) is 6.04 Å². The maximum atomic E-state index is 6.00. The normalized spacial score (nSPS) is 25.5. The van der Waals surface area contributed by atoms with Gasteiger partial charge in [-0.05, 0) is 51.3 Å². The van der Waals surface area contributed by atoms with Gasteiger partial charge in [0.1, 0.15) is 0 Å². The highest BCUT2D eigenvalue weighted by atomic mass is 32.1. The Morgan fingerprint density at radius 3 is 2.72 bits per heavy atom. The van der Waals surface area contributed by atoms with Crippen LogP contribution >= 0.6 is 11.3 Å². The number of ether oxygens (including phenoxy) is 1. The van der Waals surface area contributed by atoms with Gasteiger partial charge < -0.3 is 10.1 Å². The first-order chi connectivity index (χ1) is 8.68. The van der Waals surface area contributed by atoms with Gasteiger partial charge in [0.2, 0.25) is 0 Å². The predicted molar refractivity (Wildman–Crippen MR) is 78.5 cm³/mol. The molecule has 0 aromatic carbocycles. The molecule has 1 N–H and O–H groups in total. The molecule has 2 atom stereocenters. The van der Waals surface area contributed by atoms with Crippen LogP contribution in [0.25, 0.3) is 0 Å². The maximum Gasteiger partial charge on any atom is 0.0811 e. The SMILES string of the molecule is CCNC(Cc1ccc(CC)s1)C1(C)CCCO1. The minimum Gasteiger partial charge on any atom is -0.374 e. The molecule has 0 spiro atoms. The highest BCUT2D eigenvalue weighted by molar-refractivity contribution is 7.11. The van der Waals surface area contributed by atoms with Crippen molar-refractivity contribution in [3.05, 3.63) is 21.9 Å². The monoisotopic (exact) mass is 267 g/mol. The molecule has 102 valence electrons. The van der Waals surface area contributed by atoms with Crippen LogP contribution in [0.1, 0.15) is 43.4 Å². The number of thiophene rings is 1. The standard InChI is InChI=1S/C15H25NOS/c1-4-12-7-8-13(18-12)11-14(16-5-2)15(3)9-6-10-17-15/h7-8,14,16H,4-6,9-11H2,1-3H3. The van der Waals surface area contributed by atoms with Gasteiger partial charge in [-0.3, -0.25) is 0 Å². The van der Waals surface area contributed by atoms with E-state index in [2.05, 4.69) is 38.2 Å². The fourth-order valence-corrected chi connectivity index (χ4v) is 3.75. The lowest BCUT2D eigenvalue weighted by atomic mass is 9.90. The average Bonchev–Trinajstić information content (AvgIpc) is 2.98. The van der Waals surface area contributed by atoms with Crippen LogP contribution < -0.4 is 5.32 Å². The molecule has 0 saturated carbocycles. The van der Waals surface area contributed by atoms with Crippen molar-refractivity contribution in [3.8, 4) is 0 Å². The summed E-state index contributed by atoms with van der Waals surface area (Å²) in [6.07, 6.45) is 4.61. The van der Waals surface area contributed by atoms with Gasteiger partial charge >= 0.3 is 0 Å². The largest absolute Gasteiger partial charge is 0.374 e. The Morgan fingerprint density at radius 2 is 2.17 bits per heavy atom. The lowest BCUT2D eigenvalue weighted by Gasteiger charge is -2.33. The minimum absolute atomic E-state index is 0.0202. The number of rotatable bonds is 6. The number of likely N-dealkylation sites (N-methyl/N-ethyl adjacent to an activating group) is 1. The van der Waals surface area contributed by atoms with E-state index in [1.165, 1.54) is 22.6 Å². The third-order valence-corrected chi connectivity index (χ3v) is 5.16. The fourth-order valence-electron chi connectivity index (χ4n) is 2.75. The van der Waals surface area contributed by atoms with Gasteiger partial charge in [-0.1, -0.05) is 13.8 Å². The van der Waals surface area contributed by atoms with Crippen LogP contribution in [-0.2, 0) is 17.6 Å². The van der Waals surface area contributed by atoms with Gasteiger partial charge in [-0.15, -0.1) is 11.3 Å². The zero-order valence-corrected chi connectivity index (χ0v) is 12.6. The molecule has 0 amide bonds. The van der Waals surface area contributed by atoms with E-state index in [1.54, 1.807) is 0 Å². The quantitative estimate of drug-likeness (QED) is 0.853. The molecule has 2 rings (SSSR count). The van der Waals surface area contributed by atoms with Crippen molar-refractivity contribution < 1.29 is 4.74 Å². The van der Waals surface area contributed by atoms with Crippen molar-refractivity contribution in [2.75, 3.05) is 13.2 Å². The molecule has 1 saturated heterocycles. The van der Waals surface area contributed by atoms with Crippen LogP contribution in [-0.4, -0.2) is 24.8 Å². The van der Waals surface area contributed by atoms with E-state index in [1.807, 2.05) is 11.3 Å². The number of hydrogen-bond acceptors (Lipinski definition) is 3. The third kappa shape index (κ3) is 3.14.